The Kier molecular flexibility index (Phi) is 2.95. The van der Waals surface area contributed by atoms with Gasteiger partial charge in [0.15, 0.2) is 0 Å². The maximum absolute atomic E-state index is 12.5. The predicted octanol–water partition coefficient (Wildman–Crippen LogP) is 3.28. The SMILES string of the molecule is CC(=O)N1/C(=C\c2ccccc2)C(=O)c2ccccc21. The lowest BCUT2D eigenvalue weighted by Crippen LogP contribution is -2.25. The van der Waals surface area contributed by atoms with E-state index in [2.05, 4.69) is 0 Å². The highest BCUT2D eigenvalue weighted by molar-refractivity contribution is 6.26. The van der Waals surface area contributed by atoms with Crippen molar-refractivity contribution in [2.45, 2.75) is 6.92 Å². The average molecular weight is 263 g/mol. The van der Waals surface area contributed by atoms with Crippen LogP contribution < -0.4 is 4.90 Å². The smallest absolute Gasteiger partial charge is 0.228 e. The van der Waals surface area contributed by atoms with Gasteiger partial charge in [0.2, 0.25) is 11.7 Å². The molecule has 0 saturated carbocycles. The number of nitrogens with zero attached hydrogens (tertiary/aromatic N) is 1. The van der Waals surface area contributed by atoms with Crippen LogP contribution in [0.4, 0.5) is 5.69 Å². The summed E-state index contributed by atoms with van der Waals surface area (Å²) in [6, 6.07) is 16.7. The maximum Gasteiger partial charge on any atom is 0.228 e. The van der Waals surface area contributed by atoms with Gasteiger partial charge in [-0.3, -0.25) is 14.5 Å². The first-order chi connectivity index (χ1) is 9.68. The Labute approximate surface area is 117 Å². The molecule has 0 unspecified atom stereocenters. The second-order valence-corrected chi connectivity index (χ2v) is 4.64. The number of benzene rings is 2. The molecule has 1 aliphatic heterocycles. The minimum absolute atomic E-state index is 0.111. The molecule has 98 valence electrons. The highest BCUT2D eigenvalue weighted by Gasteiger charge is 2.34. The first-order valence-corrected chi connectivity index (χ1v) is 6.39. The van der Waals surface area contributed by atoms with Crippen LogP contribution in [0.3, 0.4) is 0 Å². The van der Waals surface area contributed by atoms with E-state index in [1.165, 1.54) is 11.8 Å². The summed E-state index contributed by atoms with van der Waals surface area (Å²) in [6.45, 7) is 1.47. The lowest BCUT2D eigenvalue weighted by molar-refractivity contribution is -0.116. The minimum Gasteiger partial charge on any atom is -0.287 e. The van der Waals surface area contributed by atoms with Crippen molar-refractivity contribution in [3.05, 3.63) is 71.4 Å². The summed E-state index contributed by atoms with van der Waals surface area (Å²) in [4.78, 5) is 25.8. The molecule has 0 aliphatic carbocycles. The number of anilines is 1. The van der Waals surface area contributed by atoms with Crippen LogP contribution in [0.2, 0.25) is 0 Å². The molecule has 2 aromatic carbocycles. The molecule has 3 heteroatoms. The van der Waals surface area contributed by atoms with E-state index in [-0.39, 0.29) is 11.7 Å². The van der Waals surface area contributed by atoms with E-state index in [1.807, 2.05) is 36.4 Å². The van der Waals surface area contributed by atoms with Crippen LogP contribution in [0.15, 0.2) is 60.3 Å². The number of carbonyl (C=O) groups excluding carboxylic acids is 2. The van der Waals surface area contributed by atoms with Gasteiger partial charge < -0.3 is 0 Å². The Balaban J connectivity index is 2.15. The molecule has 1 amide bonds. The Morgan fingerprint density at radius 3 is 2.35 bits per heavy atom. The van der Waals surface area contributed by atoms with Crippen LogP contribution in [0.1, 0.15) is 22.8 Å². The zero-order valence-corrected chi connectivity index (χ0v) is 11.0. The van der Waals surface area contributed by atoms with Gasteiger partial charge in [0.1, 0.15) is 0 Å². The topological polar surface area (TPSA) is 37.4 Å². The molecular formula is C17H13NO2. The summed E-state index contributed by atoms with van der Waals surface area (Å²) in [7, 11) is 0. The van der Waals surface area contributed by atoms with Crippen LogP contribution in [-0.2, 0) is 4.79 Å². The second-order valence-electron chi connectivity index (χ2n) is 4.64. The number of carbonyl (C=O) groups is 2. The highest BCUT2D eigenvalue weighted by Crippen LogP contribution is 2.35. The first kappa shape index (κ1) is 12.4. The lowest BCUT2D eigenvalue weighted by atomic mass is 10.1. The molecule has 0 aromatic heterocycles. The number of ketones is 1. The third-order valence-electron chi connectivity index (χ3n) is 3.28. The molecule has 2 aromatic rings. The monoisotopic (exact) mass is 263 g/mol. The average Bonchev–Trinajstić information content (AvgIpc) is 2.74. The van der Waals surface area contributed by atoms with Crippen molar-refractivity contribution in [3.63, 3.8) is 0 Å². The van der Waals surface area contributed by atoms with Crippen molar-refractivity contribution in [2.75, 3.05) is 4.90 Å². The van der Waals surface area contributed by atoms with Gasteiger partial charge in [-0.15, -0.1) is 0 Å². The van der Waals surface area contributed by atoms with Crippen molar-refractivity contribution in [1.82, 2.24) is 0 Å². The third-order valence-corrected chi connectivity index (χ3v) is 3.28. The zero-order chi connectivity index (χ0) is 14.1. The summed E-state index contributed by atoms with van der Waals surface area (Å²) in [5, 5.41) is 0. The molecule has 1 aliphatic rings. The summed E-state index contributed by atoms with van der Waals surface area (Å²) in [6.07, 6.45) is 1.75. The summed E-state index contributed by atoms with van der Waals surface area (Å²) < 4.78 is 0. The predicted molar refractivity (Wildman–Crippen MR) is 78.4 cm³/mol. The number of hydrogen-bond donors (Lipinski definition) is 0. The number of Topliss-reactive ketones (excluding diaryl/α,β-unsaturated/α-hetero) is 1. The Morgan fingerprint density at radius 1 is 1.00 bits per heavy atom. The number of amides is 1. The molecule has 1 heterocycles. The quantitative estimate of drug-likeness (QED) is 0.740. The molecule has 20 heavy (non-hydrogen) atoms. The van der Waals surface area contributed by atoms with Gasteiger partial charge in [0.05, 0.1) is 11.4 Å². The fraction of sp³-hybridized carbons (Fsp3) is 0.0588. The molecular weight excluding hydrogens is 250 g/mol. The molecule has 3 rings (SSSR count). The largest absolute Gasteiger partial charge is 0.287 e. The Bertz CT molecular complexity index is 717. The van der Waals surface area contributed by atoms with Gasteiger partial charge in [-0.1, -0.05) is 42.5 Å². The van der Waals surface area contributed by atoms with Gasteiger partial charge in [-0.25, -0.2) is 0 Å². The van der Waals surface area contributed by atoms with Crippen molar-refractivity contribution in [1.29, 1.82) is 0 Å². The molecule has 0 radical (unpaired) electrons. The fourth-order valence-corrected chi connectivity index (χ4v) is 2.41. The lowest BCUT2D eigenvalue weighted by Gasteiger charge is -2.15. The van der Waals surface area contributed by atoms with Gasteiger partial charge in [0, 0.05) is 12.5 Å². The number of hydrogen-bond acceptors (Lipinski definition) is 2. The van der Waals surface area contributed by atoms with E-state index in [9.17, 15) is 9.59 Å². The Hall–Kier alpha value is -2.68. The van der Waals surface area contributed by atoms with Crippen molar-refractivity contribution in [2.24, 2.45) is 0 Å². The number of para-hydroxylation sites is 1. The normalized spacial score (nSPS) is 15.6. The zero-order valence-electron chi connectivity index (χ0n) is 11.0. The summed E-state index contributed by atoms with van der Waals surface area (Å²) in [5.41, 5.74) is 2.54. The van der Waals surface area contributed by atoms with Crippen LogP contribution in [0.25, 0.3) is 6.08 Å². The van der Waals surface area contributed by atoms with Gasteiger partial charge in [0.25, 0.3) is 0 Å². The van der Waals surface area contributed by atoms with Crippen LogP contribution in [0.5, 0.6) is 0 Å². The maximum atomic E-state index is 12.5. The molecule has 0 saturated heterocycles. The first-order valence-electron chi connectivity index (χ1n) is 6.39. The summed E-state index contributed by atoms with van der Waals surface area (Å²) >= 11 is 0. The standard InChI is InChI=1S/C17H13NO2/c1-12(19)18-15-10-6-5-9-14(15)17(20)16(18)11-13-7-3-2-4-8-13/h2-11H,1H3/b16-11-. The van der Waals surface area contributed by atoms with Crippen molar-refractivity contribution < 1.29 is 9.59 Å². The third kappa shape index (κ3) is 1.93. The van der Waals surface area contributed by atoms with Gasteiger partial charge in [-0.2, -0.15) is 0 Å². The number of fused-ring (bicyclic) bond motifs is 1. The molecule has 0 N–H and O–H groups in total. The Morgan fingerprint density at radius 2 is 1.65 bits per heavy atom. The van der Waals surface area contributed by atoms with Crippen molar-refractivity contribution in [3.8, 4) is 0 Å². The van der Waals surface area contributed by atoms with Crippen LogP contribution >= 0.6 is 0 Å². The van der Waals surface area contributed by atoms with E-state index in [1.54, 1.807) is 24.3 Å². The van der Waals surface area contributed by atoms with Crippen LogP contribution in [-0.4, -0.2) is 11.7 Å². The molecule has 0 atom stereocenters. The van der Waals surface area contributed by atoms with E-state index < -0.39 is 0 Å². The van der Waals surface area contributed by atoms with E-state index in [0.29, 0.717) is 16.9 Å². The van der Waals surface area contributed by atoms with Crippen LogP contribution in [0, 0.1) is 0 Å². The van der Waals surface area contributed by atoms with E-state index >= 15 is 0 Å². The molecule has 0 fully saturated rings. The summed E-state index contributed by atoms with van der Waals surface area (Å²) in [5.74, 6) is -0.273. The van der Waals surface area contributed by atoms with Gasteiger partial charge in [-0.05, 0) is 23.8 Å². The second kappa shape index (κ2) is 4.78. The molecule has 0 spiro atoms. The van der Waals surface area contributed by atoms with Gasteiger partial charge >= 0.3 is 0 Å². The van der Waals surface area contributed by atoms with E-state index in [4.69, 9.17) is 0 Å². The van der Waals surface area contributed by atoms with Crippen molar-refractivity contribution >= 4 is 23.5 Å². The molecule has 3 nitrogen and oxygen atoms in total. The number of allylic oxidation sites excluding steroid dienone is 1. The van der Waals surface area contributed by atoms with E-state index in [0.717, 1.165) is 5.56 Å². The number of rotatable bonds is 1. The minimum atomic E-state index is -0.162. The molecule has 0 bridgehead atoms. The fourth-order valence-electron chi connectivity index (χ4n) is 2.41. The highest BCUT2D eigenvalue weighted by atomic mass is 16.2.